The molecular weight excluding hydrogens is 418 g/mol. The van der Waals surface area contributed by atoms with Crippen molar-refractivity contribution in [2.45, 2.75) is 32.7 Å². The zero-order valence-electron chi connectivity index (χ0n) is 19.5. The number of fused-ring (bicyclic) bond motifs is 2. The Morgan fingerprint density at radius 3 is 2.59 bits per heavy atom. The summed E-state index contributed by atoms with van der Waals surface area (Å²) < 4.78 is 1.99. The number of aromatic nitrogens is 4. The molecule has 5 nitrogen and oxygen atoms in total. The first kappa shape index (κ1) is 20.8. The van der Waals surface area contributed by atoms with Crippen molar-refractivity contribution in [1.82, 2.24) is 19.6 Å². The fourth-order valence-electron chi connectivity index (χ4n) is 4.69. The number of benzene rings is 2. The van der Waals surface area contributed by atoms with Crippen LogP contribution in [0.2, 0.25) is 0 Å². The van der Waals surface area contributed by atoms with Crippen LogP contribution in [0.3, 0.4) is 0 Å². The van der Waals surface area contributed by atoms with Gasteiger partial charge >= 0.3 is 0 Å². The molecule has 1 aliphatic rings. The zero-order valence-corrected chi connectivity index (χ0v) is 19.5. The molecule has 3 heterocycles. The van der Waals surface area contributed by atoms with Gasteiger partial charge in [-0.1, -0.05) is 62.4 Å². The predicted molar refractivity (Wildman–Crippen MR) is 138 cm³/mol. The van der Waals surface area contributed by atoms with Crippen molar-refractivity contribution in [2.24, 2.45) is 5.92 Å². The lowest BCUT2D eigenvalue weighted by atomic mass is 10.0. The summed E-state index contributed by atoms with van der Waals surface area (Å²) in [5, 5.41) is 7.36. The molecule has 2 radical (unpaired) electrons. The van der Waals surface area contributed by atoms with Crippen molar-refractivity contribution >= 4 is 22.1 Å². The highest BCUT2D eigenvalue weighted by Gasteiger charge is 2.32. The SMILES string of the molecule is [CH]c1ccc(-c2cnc3c(N(CC(C)C)C4CC4)cc(-c4cncc5ccccc45)nn23)cc1. The van der Waals surface area contributed by atoms with E-state index in [1.165, 1.54) is 12.8 Å². The predicted octanol–water partition coefficient (Wildman–Crippen LogP) is 6.30. The Labute approximate surface area is 200 Å². The molecule has 2 aromatic carbocycles. The second-order valence-electron chi connectivity index (χ2n) is 9.60. The lowest BCUT2D eigenvalue weighted by molar-refractivity contribution is 0.607. The summed E-state index contributed by atoms with van der Waals surface area (Å²) in [6.07, 6.45) is 8.19. The van der Waals surface area contributed by atoms with Gasteiger partial charge in [0, 0.05) is 41.5 Å². The Bertz CT molecular complexity index is 1470. The van der Waals surface area contributed by atoms with Gasteiger partial charge in [-0.2, -0.15) is 5.10 Å². The molecule has 6 rings (SSSR count). The van der Waals surface area contributed by atoms with Gasteiger partial charge in [0.2, 0.25) is 0 Å². The molecular formula is C29H27N5. The number of anilines is 1. The molecule has 5 heteroatoms. The highest BCUT2D eigenvalue weighted by molar-refractivity contribution is 5.95. The fraction of sp³-hybridized carbons (Fsp3) is 0.241. The number of rotatable bonds is 6. The van der Waals surface area contributed by atoms with Crippen molar-refractivity contribution in [3.8, 4) is 22.5 Å². The number of hydrogen-bond acceptors (Lipinski definition) is 4. The molecule has 0 amide bonds. The topological polar surface area (TPSA) is 46.3 Å². The van der Waals surface area contributed by atoms with Crippen molar-refractivity contribution in [3.05, 3.63) is 85.7 Å². The first-order valence-electron chi connectivity index (χ1n) is 11.9. The van der Waals surface area contributed by atoms with Crippen LogP contribution in [0, 0.1) is 12.8 Å². The number of hydrogen-bond donors (Lipinski definition) is 0. The van der Waals surface area contributed by atoms with Crippen LogP contribution in [0.1, 0.15) is 32.3 Å². The molecule has 34 heavy (non-hydrogen) atoms. The van der Waals surface area contributed by atoms with Crippen LogP contribution in [0.15, 0.2) is 73.2 Å². The maximum Gasteiger partial charge on any atom is 0.177 e. The molecule has 0 spiro atoms. The van der Waals surface area contributed by atoms with Crippen LogP contribution < -0.4 is 4.90 Å². The molecule has 5 aromatic rings. The second kappa shape index (κ2) is 8.24. The number of nitrogens with zero attached hydrogens (tertiary/aromatic N) is 5. The van der Waals surface area contributed by atoms with Crippen LogP contribution in [0.5, 0.6) is 0 Å². The molecule has 1 aliphatic carbocycles. The van der Waals surface area contributed by atoms with E-state index in [2.05, 4.69) is 48.0 Å². The Balaban J connectivity index is 1.62. The minimum Gasteiger partial charge on any atom is -0.365 e. The monoisotopic (exact) mass is 445 g/mol. The van der Waals surface area contributed by atoms with E-state index in [9.17, 15) is 0 Å². The second-order valence-corrected chi connectivity index (χ2v) is 9.60. The van der Waals surface area contributed by atoms with Gasteiger partial charge < -0.3 is 4.90 Å². The molecule has 1 fully saturated rings. The van der Waals surface area contributed by atoms with E-state index in [4.69, 9.17) is 17.0 Å². The van der Waals surface area contributed by atoms with Crippen LogP contribution >= 0.6 is 0 Å². The van der Waals surface area contributed by atoms with E-state index < -0.39 is 0 Å². The first-order valence-corrected chi connectivity index (χ1v) is 11.9. The van der Waals surface area contributed by atoms with Crippen LogP contribution in [-0.2, 0) is 0 Å². The normalized spacial score (nSPS) is 13.8. The average molecular weight is 446 g/mol. The molecule has 0 aliphatic heterocycles. The third-order valence-electron chi connectivity index (χ3n) is 6.46. The zero-order chi connectivity index (χ0) is 23.2. The summed E-state index contributed by atoms with van der Waals surface area (Å²) >= 11 is 0. The van der Waals surface area contributed by atoms with Gasteiger partial charge in [-0.3, -0.25) is 4.98 Å². The maximum atomic E-state index is 5.94. The summed E-state index contributed by atoms with van der Waals surface area (Å²) in [6, 6.07) is 19.0. The lowest BCUT2D eigenvalue weighted by Gasteiger charge is -2.27. The minimum atomic E-state index is 0.544. The first-order chi connectivity index (χ1) is 16.6. The Morgan fingerprint density at radius 2 is 1.82 bits per heavy atom. The van der Waals surface area contributed by atoms with Crippen LogP contribution in [0.25, 0.3) is 38.9 Å². The third-order valence-corrected chi connectivity index (χ3v) is 6.46. The molecule has 3 aromatic heterocycles. The number of pyridine rings is 1. The maximum absolute atomic E-state index is 5.94. The summed E-state index contributed by atoms with van der Waals surface area (Å²) in [6.45, 7) is 11.5. The van der Waals surface area contributed by atoms with E-state index in [-0.39, 0.29) is 0 Å². The highest BCUT2D eigenvalue weighted by atomic mass is 15.3. The van der Waals surface area contributed by atoms with E-state index in [0.717, 1.165) is 56.7 Å². The summed E-state index contributed by atoms with van der Waals surface area (Å²) in [5.74, 6) is 0.544. The largest absolute Gasteiger partial charge is 0.365 e. The van der Waals surface area contributed by atoms with E-state index in [1.54, 1.807) is 0 Å². The smallest absolute Gasteiger partial charge is 0.177 e. The van der Waals surface area contributed by atoms with Crippen molar-refractivity contribution in [3.63, 3.8) is 0 Å². The van der Waals surface area contributed by atoms with Gasteiger partial charge in [0.05, 0.1) is 23.3 Å². The van der Waals surface area contributed by atoms with Gasteiger partial charge in [-0.15, -0.1) is 0 Å². The molecule has 0 atom stereocenters. The molecule has 0 bridgehead atoms. The molecule has 168 valence electrons. The molecule has 0 saturated heterocycles. The van der Waals surface area contributed by atoms with E-state index in [1.807, 2.05) is 53.4 Å². The summed E-state index contributed by atoms with van der Waals surface area (Å²) in [7, 11) is 0. The van der Waals surface area contributed by atoms with Gasteiger partial charge in [-0.25, -0.2) is 9.50 Å². The van der Waals surface area contributed by atoms with Gasteiger partial charge in [0.1, 0.15) is 0 Å². The minimum absolute atomic E-state index is 0.544. The van der Waals surface area contributed by atoms with Gasteiger partial charge in [0.25, 0.3) is 0 Å². The Kier molecular flexibility index (Phi) is 5.05. The summed E-state index contributed by atoms with van der Waals surface area (Å²) in [5.41, 5.74) is 6.67. The van der Waals surface area contributed by atoms with Gasteiger partial charge in [0.15, 0.2) is 5.65 Å². The van der Waals surface area contributed by atoms with Crippen LogP contribution in [0.4, 0.5) is 5.69 Å². The van der Waals surface area contributed by atoms with E-state index in [0.29, 0.717) is 12.0 Å². The Morgan fingerprint density at radius 1 is 1.03 bits per heavy atom. The molecule has 1 saturated carbocycles. The molecule has 0 N–H and O–H groups in total. The Hall–Kier alpha value is -3.73. The van der Waals surface area contributed by atoms with Crippen LogP contribution in [-0.4, -0.2) is 32.2 Å². The fourth-order valence-corrected chi connectivity index (χ4v) is 4.69. The third kappa shape index (κ3) is 3.71. The van der Waals surface area contributed by atoms with Crippen molar-refractivity contribution < 1.29 is 0 Å². The highest BCUT2D eigenvalue weighted by Crippen LogP contribution is 2.38. The quantitative estimate of drug-likeness (QED) is 0.308. The summed E-state index contributed by atoms with van der Waals surface area (Å²) in [4.78, 5) is 11.9. The number of imidazole rings is 1. The lowest BCUT2D eigenvalue weighted by Crippen LogP contribution is -2.30. The van der Waals surface area contributed by atoms with E-state index >= 15 is 0 Å². The molecule has 0 unspecified atom stereocenters. The average Bonchev–Trinajstić information content (AvgIpc) is 3.61. The standard InChI is InChI=1S/C29H27N5/c1-19(2)18-33(23-12-13-23)27-14-26(25-16-30-15-22-6-4-5-7-24(22)25)32-34-28(17-31-29(27)34)21-10-8-20(3)9-11-21/h3-11,14-17,19,23H,12-13,18H2,1-2H3. The van der Waals surface area contributed by atoms with Crippen molar-refractivity contribution in [1.29, 1.82) is 0 Å². The van der Waals surface area contributed by atoms with Crippen molar-refractivity contribution in [2.75, 3.05) is 11.4 Å². The van der Waals surface area contributed by atoms with Gasteiger partial charge in [-0.05, 0) is 42.7 Å².